The minimum absolute atomic E-state index is 0.0699. The zero-order valence-corrected chi connectivity index (χ0v) is 12.5. The lowest BCUT2D eigenvalue weighted by atomic mass is 10.1. The molecule has 5 heteroatoms. The Hall–Kier alpha value is -2.04. The van der Waals surface area contributed by atoms with Crippen LogP contribution in [-0.4, -0.2) is 11.6 Å². The lowest BCUT2D eigenvalue weighted by molar-refractivity contribution is -0.139. The molecular weight excluding hydrogens is 291 g/mol. The molecule has 0 spiro atoms. The average Bonchev–Trinajstić information content (AvgIpc) is 2.47. The van der Waals surface area contributed by atoms with E-state index in [-0.39, 0.29) is 18.3 Å². The molecule has 0 saturated heterocycles. The van der Waals surface area contributed by atoms with Gasteiger partial charge in [0.25, 0.3) is 0 Å². The van der Waals surface area contributed by atoms with Gasteiger partial charge in [-0.2, -0.15) is 13.2 Å². The molecule has 0 fully saturated rings. The Kier molecular flexibility index (Phi) is 5.06. The third kappa shape index (κ3) is 4.23. The van der Waals surface area contributed by atoms with Gasteiger partial charge in [0.1, 0.15) is 11.3 Å². The van der Waals surface area contributed by atoms with E-state index in [1.54, 1.807) is 13.8 Å². The molecule has 118 valence electrons. The summed E-state index contributed by atoms with van der Waals surface area (Å²) >= 11 is 0. The second kappa shape index (κ2) is 6.81. The van der Waals surface area contributed by atoms with Gasteiger partial charge in [-0.3, -0.25) is 4.98 Å². The van der Waals surface area contributed by atoms with E-state index in [0.29, 0.717) is 12.1 Å². The number of benzene rings is 1. The molecule has 0 saturated carbocycles. The number of hydrogen-bond donors (Lipinski definition) is 0. The summed E-state index contributed by atoms with van der Waals surface area (Å²) in [4.78, 5) is 4.05. The molecule has 2 aromatic rings. The second-order valence-corrected chi connectivity index (χ2v) is 5.34. The van der Waals surface area contributed by atoms with Gasteiger partial charge in [0.2, 0.25) is 0 Å². The first-order chi connectivity index (χ1) is 10.4. The number of alkyl halides is 3. The van der Waals surface area contributed by atoms with Crippen molar-refractivity contribution in [3.63, 3.8) is 0 Å². The van der Waals surface area contributed by atoms with Crippen molar-refractivity contribution < 1.29 is 17.9 Å². The first-order valence-corrected chi connectivity index (χ1v) is 7.12. The molecule has 2 rings (SSSR count). The molecule has 0 aliphatic rings. The van der Waals surface area contributed by atoms with E-state index in [1.165, 1.54) is 6.20 Å². The molecule has 22 heavy (non-hydrogen) atoms. The van der Waals surface area contributed by atoms with Crippen LogP contribution < -0.4 is 4.74 Å². The summed E-state index contributed by atoms with van der Waals surface area (Å²) in [6.45, 7) is 3.78. The van der Waals surface area contributed by atoms with Crippen molar-refractivity contribution in [3.05, 3.63) is 59.4 Å². The first kappa shape index (κ1) is 16.3. The van der Waals surface area contributed by atoms with Gasteiger partial charge >= 0.3 is 6.18 Å². The highest BCUT2D eigenvalue weighted by Crippen LogP contribution is 2.37. The second-order valence-electron chi connectivity index (χ2n) is 5.34. The maximum absolute atomic E-state index is 13.1. The fourth-order valence-corrected chi connectivity index (χ4v) is 2.03. The molecule has 1 aromatic heterocycles. The number of halogens is 3. The van der Waals surface area contributed by atoms with Gasteiger partial charge in [-0.25, -0.2) is 0 Å². The smallest absolute Gasteiger partial charge is 0.420 e. The van der Waals surface area contributed by atoms with Crippen LogP contribution in [0, 0.1) is 0 Å². The van der Waals surface area contributed by atoms with Gasteiger partial charge in [0.05, 0.1) is 12.8 Å². The molecule has 0 atom stereocenters. The van der Waals surface area contributed by atoms with Crippen molar-refractivity contribution in [2.45, 2.75) is 32.4 Å². The summed E-state index contributed by atoms with van der Waals surface area (Å²) in [7, 11) is 0. The lowest BCUT2D eigenvalue weighted by Crippen LogP contribution is -2.12. The van der Waals surface area contributed by atoms with E-state index >= 15 is 0 Å². The maximum atomic E-state index is 13.1. The number of nitrogens with zero attached hydrogens (tertiary/aromatic N) is 1. The quantitative estimate of drug-likeness (QED) is 0.788. The molecule has 0 radical (unpaired) electrons. The van der Waals surface area contributed by atoms with Crippen LogP contribution in [0.25, 0.3) is 0 Å². The van der Waals surface area contributed by atoms with Crippen molar-refractivity contribution in [2.75, 3.05) is 6.61 Å². The standard InChI is InChI=1S/C17H18F3NO/c1-12(2)15-10-14(17(18,19)20)16(11-21-15)22-9-8-13-6-4-3-5-7-13/h3-7,10-12H,8-9H2,1-2H3. The molecule has 1 heterocycles. The summed E-state index contributed by atoms with van der Waals surface area (Å²) in [5.41, 5.74) is 0.657. The van der Waals surface area contributed by atoms with Crippen molar-refractivity contribution >= 4 is 0 Å². The summed E-state index contributed by atoms with van der Waals surface area (Å²) in [5.74, 6) is -0.285. The zero-order valence-electron chi connectivity index (χ0n) is 12.5. The number of ether oxygens (including phenoxy) is 1. The fourth-order valence-electron chi connectivity index (χ4n) is 2.03. The van der Waals surface area contributed by atoms with Crippen LogP contribution in [0.2, 0.25) is 0 Å². The third-order valence-corrected chi connectivity index (χ3v) is 3.28. The van der Waals surface area contributed by atoms with Crippen LogP contribution in [-0.2, 0) is 12.6 Å². The van der Waals surface area contributed by atoms with Gasteiger partial charge in [0.15, 0.2) is 0 Å². The van der Waals surface area contributed by atoms with E-state index in [1.807, 2.05) is 30.3 Å². The van der Waals surface area contributed by atoms with Crippen molar-refractivity contribution in [3.8, 4) is 5.75 Å². The highest BCUT2D eigenvalue weighted by Gasteiger charge is 2.35. The molecule has 0 aliphatic heterocycles. The molecule has 0 aliphatic carbocycles. The summed E-state index contributed by atoms with van der Waals surface area (Å²) in [6, 6.07) is 10.6. The lowest BCUT2D eigenvalue weighted by Gasteiger charge is -2.16. The molecule has 0 N–H and O–H groups in total. The molecule has 1 aromatic carbocycles. The normalized spacial score (nSPS) is 11.7. The minimum Gasteiger partial charge on any atom is -0.491 e. The highest BCUT2D eigenvalue weighted by atomic mass is 19.4. The monoisotopic (exact) mass is 309 g/mol. The van der Waals surface area contributed by atoms with Crippen LogP contribution in [0.1, 0.15) is 36.6 Å². The van der Waals surface area contributed by atoms with Crippen LogP contribution in [0.15, 0.2) is 42.6 Å². The number of aromatic nitrogens is 1. The Morgan fingerprint density at radius 3 is 2.41 bits per heavy atom. The van der Waals surface area contributed by atoms with Gasteiger partial charge in [0, 0.05) is 12.1 Å². The third-order valence-electron chi connectivity index (χ3n) is 3.28. The Labute approximate surface area is 128 Å². The van der Waals surface area contributed by atoms with E-state index in [4.69, 9.17) is 4.74 Å². The molecule has 0 unspecified atom stereocenters. The van der Waals surface area contributed by atoms with Gasteiger partial charge in [-0.15, -0.1) is 0 Å². The van der Waals surface area contributed by atoms with Gasteiger partial charge in [-0.05, 0) is 17.5 Å². The van der Waals surface area contributed by atoms with Crippen molar-refractivity contribution in [1.29, 1.82) is 0 Å². The summed E-state index contributed by atoms with van der Waals surface area (Å²) in [6.07, 6.45) is -2.73. The predicted octanol–water partition coefficient (Wildman–Crippen LogP) is 4.85. The van der Waals surface area contributed by atoms with Crippen LogP contribution >= 0.6 is 0 Å². The topological polar surface area (TPSA) is 22.1 Å². The van der Waals surface area contributed by atoms with Crippen LogP contribution in [0.4, 0.5) is 13.2 Å². The Morgan fingerprint density at radius 1 is 1.14 bits per heavy atom. The van der Waals surface area contributed by atoms with Gasteiger partial charge in [-0.1, -0.05) is 44.2 Å². The minimum atomic E-state index is -4.45. The largest absolute Gasteiger partial charge is 0.491 e. The zero-order chi connectivity index (χ0) is 16.2. The molecule has 2 nitrogen and oxygen atoms in total. The number of rotatable bonds is 5. The van der Waals surface area contributed by atoms with Crippen LogP contribution in [0.5, 0.6) is 5.75 Å². The summed E-state index contributed by atoms with van der Waals surface area (Å²) < 4.78 is 44.7. The first-order valence-electron chi connectivity index (χ1n) is 7.12. The summed E-state index contributed by atoms with van der Waals surface area (Å²) in [5, 5.41) is 0. The van der Waals surface area contributed by atoms with E-state index in [0.717, 1.165) is 11.6 Å². The average molecular weight is 309 g/mol. The molecule has 0 amide bonds. The number of hydrogen-bond acceptors (Lipinski definition) is 2. The van der Waals surface area contributed by atoms with E-state index < -0.39 is 11.7 Å². The fraction of sp³-hybridized carbons (Fsp3) is 0.353. The Balaban J connectivity index is 2.12. The highest BCUT2D eigenvalue weighted by molar-refractivity contribution is 5.36. The van der Waals surface area contributed by atoms with Crippen molar-refractivity contribution in [2.24, 2.45) is 0 Å². The van der Waals surface area contributed by atoms with Gasteiger partial charge < -0.3 is 4.74 Å². The Bertz CT molecular complexity index is 609. The Morgan fingerprint density at radius 2 is 1.82 bits per heavy atom. The number of pyridine rings is 1. The maximum Gasteiger partial charge on any atom is 0.420 e. The molecular formula is C17H18F3NO. The SMILES string of the molecule is CC(C)c1cc(C(F)(F)F)c(OCCc2ccccc2)cn1. The van der Waals surface area contributed by atoms with Crippen molar-refractivity contribution in [1.82, 2.24) is 4.98 Å². The van der Waals surface area contributed by atoms with E-state index in [9.17, 15) is 13.2 Å². The van der Waals surface area contributed by atoms with E-state index in [2.05, 4.69) is 4.98 Å². The molecule has 0 bridgehead atoms. The van der Waals surface area contributed by atoms with Crippen LogP contribution in [0.3, 0.4) is 0 Å². The predicted molar refractivity (Wildman–Crippen MR) is 79.0 cm³/mol.